The van der Waals surface area contributed by atoms with Crippen LogP contribution in [0.3, 0.4) is 0 Å². The zero-order valence-corrected chi connectivity index (χ0v) is 45.9. The number of nitrogen functional groups attached to an aromatic ring is 1. The molecule has 1 aromatic heterocycles. The first-order valence-corrected chi connectivity index (χ1v) is 30.1. The number of phosphoric acid groups is 2. The molecule has 11 atom stereocenters. The molecule has 2 aliphatic rings. The number of aliphatic hydroxyl groups excluding tert-OH is 4. The van der Waals surface area contributed by atoms with Crippen molar-refractivity contribution in [2.24, 2.45) is 11.8 Å². The van der Waals surface area contributed by atoms with E-state index in [0.29, 0.717) is 19.3 Å². The number of carbonyl (C=O) groups excluding carboxylic acids is 3. The van der Waals surface area contributed by atoms with Gasteiger partial charge in [-0.15, -0.1) is 0 Å². The molecule has 75 heavy (non-hydrogen) atoms. The van der Waals surface area contributed by atoms with Crippen LogP contribution in [-0.2, 0) is 51.1 Å². The first kappa shape index (κ1) is 65.9. The number of hydrogen-bond acceptors (Lipinski definition) is 18. The molecule has 0 saturated carbocycles. The number of nitrogens with two attached hydrogens (primary N) is 1. The van der Waals surface area contributed by atoms with Crippen molar-refractivity contribution < 1.29 is 81.3 Å². The van der Waals surface area contributed by atoms with Crippen LogP contribution in [0.25, 0.3) is 0 Å². The molecule has 1 fully saturated rings. The van der Waals surface area contributed by atoms with E-state index >= 15 is 0 Å². The maximum atomic E-state index is 14.0. The zero-order chi connectivity index (χ0) is 55.1. The predicted octanol–water partition coefficient (Wildman–Crippen LogP) is 8.15. The van der Waals surface area contributed by atoms with Crippen molar-refractivity contribution in [3.63, 3.8) is 0 Å². The van der Waals surface area contributed by atoms with Gasteiger partial charge in [0.1, 0.15) is 36.6 Å². The van der Waals surface area contributed by atoms with Crippen molar-refractivity contribution in [2.75, 3.05) is 25.6 Å². The van der Waals surface area contributed by atoms with Crippen molar-refractivity contribution in [1.29, 1.82) is 0 Å². The summed E-state index contributed by atoms with van der Waals surface area (Å²) in [5.41, 5.74) is 4.75. The van der Waals surface area contributed by atoms with E-state index in [2.05, 4.69) is 28.4 Å². The summed E-state index contributed by atoms with van der Waals surface area (Å²) in [7, 11) is -11.3. The summed E-state index contributed by atoms with van der Waals surface area (Å²) >= 11 is 0. The van der Waals surface area contributed by atoms with Gasteiger partial charge in [0, 0.05) is 31.4 Å². The van der Waals surface area contributed by atoms with E-state index in [0.717, 1.165) is 75.0 Å². The summed E-state index contributed by atoms with van der Waals surface area (Å²) in [5.74, 6) is -5.23. The molecule has 0 aromatic carbocycles. The second-order valence-corrected chi connectivity index (χ2v) is 22.6. The van der Waals surface area contributed by atoms with Gasteiger partial charge in [0.25, 0.3) is 0 Å². The van der Waals surface area contributed by atoms with Crippen LogP contribution in [0.2, 0.25) is 0 Å². The predicted molar refractivity (Wildman–Crippen MR) is 281 cm³/mol. The number of Topliss-reactive ketones (excluding diaryl/α,β-unsaturated/α-hetero) is 1. The standard InChI is InChI=1S/C52H87N3O18P2/c1-3-5-7-8-9-10-11-12-13-14-15-16-17-18-19-20-26-30-48(60)71-40-36-68-47(59)29-25-22-21-24-28-42-44(58)35-43(57)41(32-31-39(56)27-23-6-4-2)49(61)50(62)45(38-70-75(66,67)73-74(64,65)69-37-40)72-51(42)55-34-33-46(53)54-52(55)63/h12-13,21,24,31-34,39-42,44-45,49-51,56,58,61-62H,3-11,14-20,22-23,25-30,35-38H2,1-2H3,(H,64,65)(H,66,67)(H2,53,54,63)/b13-12-,24-21-,32-31+/t39-,40+,41-,42-,44-,45+,49-,50+,51+/m0/s1. The Bertz CT molecular complexity index is 2070. The molecule has 428 valence electrons. The number of aliphatic hydroxyl groups is 4. The number of unbranched alkanes of at least 4 members (excludes halogenated alkanes) is 15. The maximum absolute atomic E-state index is 14.0. The van der Waals surface area contributed by atoms with Crippen molar-refractivity contribution in [2.45, 2.75) is 217 Å². The highest BCUT2D eigenvalue weighted by Crippen LogP contribution is 2.60. The van der Waals surface area contributed by atoms with Crippen LogP contribution in [0.4, 0.5) is 5.82 Å². The van der Waals surface area contributed by atoms with Crippen LogP contribution in [0.1, 0.15) is 181 Å². The zero-order valence-electron chi connectivity index (χ0n) is 44.1. The molecule has 2 aliphatic heterocycles. The first-order valence-electron chi connectivity index (χ1n) is 27.1. The van der Waals surface area contributed by atoms with Crippen LogP contribution in [0.15, 0.2) is 53.5 Å². The van der Waals surface area contributed by atoms with Gasteiger partial charge in [-0.2, -0.15) is 9.29 Å². The number of hydrogen-bond donors (Lipinski definition) is 7. The van der Waals surface area contributed by atoms with E-state index in [1.807, 2.05) is 6.92 Å². The largest absolute Gasteiger partial charge is 0.481 e. The number of cyclic esters (lactones) is 1. The van der Waals surface area contributed by atoms with Crippen LogP contribution >= 0.6 is 15.6 Å². The summed E-state index contributed by atoms with van der Waals surface area (Å²) in [6.07, 6.45) is 18.1. The normalized spacial score (nSPS) is 29.2. The third kappa shape index (κ3) is 27.1. The van der Waals surface area contributed by atoms with Crippen molar-refractivity contribution >= 4 is 39.2 Å². The fraction of sp³-hybridized carbons (Fsp3) is 0.750. The summed E-state index contributed by atoms with van der Waals surface area (Å²) in [6, 6.07) is 1.23. The Hall–Kier alpha value is -3.43. The second-order valence-electron chi connectivity index (χ2n) is 19.5. The number of esters is 2. The topological polar surface area (TPSA) is 323 Å². The lowest BCUT2D eigenvalue weighted by atomic mass is 9.83. The SMILES string of the molecule is CCCCCCCC/C=C\CCCCCCCCCC(=O)O[C@@H]1COC(=O)CCC/C=C\C[C@@H]2[C@H](n3ccc(N)nc3=O)O[C@H](COP(=O)(O)OP(=O)(O)OC1)[C@@H](O)[C@@H](O)[C@@H](/C=C/[C@@H](O)CCCCC)C(=O)C[C@@H]2O. The minimum atomic E-state index is -5.73. The van der Waals surface area contributed by atoms with Gasteiger partial charge in [-0.1, -0.05) is 134 Å². The summed E-state index contributed by atoms with van der Waals surface area (Å²) < 4.78 is 59.0. The Morgan fingerprint density at radius 2 is 1.45 bits per heavy atom. The van der Waals surface area contributed by atoms with E-state index in [1.54, 1.807) is 12.2 Å². The van der Waals surface area contributed by atoms with Gasteiger partial charge >= 0.3 is 33.3 Å². The van der Waals surface area contributed by atoms with Crippen LogP contribution in [-0.4, -0.2) is 114 Å². The van der Waals surface area contributed by atoms with E-state index in [-0.39, 0.29) is 37.9 Å². The second kappa shape index (κ2) is 36.6. The lowest BCUT2D eigenvalue weighted by molar-refractivity contribution is -0.186. The highest BCUT2D eigenvalue weighted by Gasteiger charge is 2.45. The number of fused-ring (bicyclic) bond motifs is 3. The van der Waals surface area contributed by atoms with Gasteiger partial charge in [-0.05, 0) is 63.9 Å². The molecule has 1 aromatic rings. The molecule has 2 unspecified atom stereocenters. The Balaban J connectivity index is 1.76. The molecule has 3 heterocycles. The summed E-state index contributed by atoms with van der Waals surface area (Å²) in [4.78, 5) is 78.2. The van der Waals surface area contributed by atoms with Crippen molar-refractivity contribution in [3.8, 4) is 0 Å². The Labute approximate surface area is 442 Å². The molecular formula is C52H87N3O18P2. The van der Waals surface area contributed by atoms with Gasteiger partial charge < -0.3 is 50.2 Å². The number of ether oxygens (including phenoxy) is 3. The van der Waals surface area contributed by atoms with Crippen LogP contribution in [0, 0.1) is 11.8 Å². The third-order valence-corrected chi connectivity index (χ3v) is 15.7. The molecule has 23 heteroatoms. The fourth-order valence-corrected chi connectivity index (χ4v) is 10.8. The van der Waals surface area contributed by atoms with E-state index in [9.17, 15) is 58.5 Å². The highest BCUT2D eigenvalue weighted by atomic mass is 31.3. The Morgan fingerprint density at radius 3 is 2.11 bits per heavy atom. The molecule has 8 N–H and O–H groups in total. The minimum Gasteiger partial charge on any atom is -0.462 e. The lowest BCUT2D eigenvalue weighted by Crippen LogP contribution is -2.51. The molecule has 3 rings (SSSR count). The number of nitrogens with zero attached hydrogens (tertiary/aromatic N) is 2. The smallest absolute Gasteiger partial charge is 0.462 e. The minimum absolute atomic E-state index is 0.00858. The molecule has 0 amide bonds. The molecule has 0 aliphatic carbocycles. The number of carbonyl (C=O) groups is 3. The average molecular weight is 1100 g/mol. The monoisotopic (exact) mass is 1100 g/mol. The molecule has 2 bridgehead atoms. The van der Waals surface area contributed by atoms with Crippen molar-refractivity contribution in [1.82, 2.24) is 9.55 Å². The third-order valence-electron chi connectivity index (χ3n) is 13.1. The van der Waals surface area contributed by atoms with Gasteiger partial charge in [-0.3, -0.25) is 28.0 Å². The Morgan fingerprint density at radius 1 is 0.840 bits per heavy atom. The first-order chi connectivity index (χ1) is 35.9. The number of allylic oxidation sites excluding steroid dienone is 4. The van der Waals surface area contributed by atoms with Crippen LogP contribution < -0.4 is 11.4 Å². The fourth-order valence-electron chi connectivity index (χ4n) is 8.71. The van der Waals surface area contributed by atoms with Gasteiger partial charge in [-0.25, -0.2) is 13.9 Å². The van der Waals surface area contributed by atoms with Gasteiger partial charge in [0.15, 0.2) is 6.10 Å². The summed E-state index contributed by atoms with van der Waals surface area (Å²) in [5, 5.41) is 45.7. The highest BCUT2D eigenvalue weighted by molar-refractivity contribution is 7.61. The molecule has 21 nitrogen and oxygen atoms in total. The van der Waals surface area contributed by atoms with Crippen molar-refractivity contribution in [3.05, 3.63) is 59.2 Å². The number of aromatic nitrogens is 2. The van der Waals surface area contributed by atoms with Crippen LogP contribution in [0.5, 0.6) is 0 Å². The molecule has 0 spiro atoms. The number of rotatable bonds is 25. The number of ketones is 1. The average Bonchev–Trinajstić information content (AvgIpc) is 3.35. The number of anilines is 1. The van der Waals surface area contributed by atoms with E-state index < -0.39 is 120 Å². The molecule has 0 radical (unpaired) electrons. The number of phosphoric ester groups is 2. The quantitative estimate of drug-likeness (QED) is 0.0210. The molecule has 1 saturated heterocycles. The van der Waals surface area contributed by atoms with Gasteiger partial charge in [0.2, 0.25) is 0 Å². The van der Waals surface area contributed by atoms with Gasteiger partial charge in [0.05, 0.1) is 37.4 Å². The van der Waals surface area contributed by atoms with E-state index in [1.165, 1.54) is 56.7 Å². The summed E-state index contributed by atoms with van der Waals surface area (Å²) in [6.45, 7) is 1.44. The lowest BCUT2D eigenvalue weighted by Gasteiger charge is -2.39. The molecular weight excluding hydrogens is 1020 g/mol. The maximum Gasteiger partial charge on any atom is 0.481 e. The van der Waals surface area contributed by atoms with E-state index in [4.69, 9.17) is 29.0 Å². The Kier molecular flexibility index (Phi) is 32.2.